The Morgan fingerprint density at radius 2 is 2.33 bits per heavy atom. The summed E-state index contributed by atoms with van der Waals surface area (Å²) in [5.41, 5.74) is 1.60. The predicted molar refractivity (Wildman–Crippen MR) is 79.9 cm³/mol. The number of carbonyl (C=O) groups excluding carboxylic acids is 1. The number of amides is 1. The van der Waals surface area contributed by atoms with Crippen molar-refractivity contribution in [1.82, 2.24) is 15.1 Å². The lowest BCUT2D eigenvalue weighted by molar-refractivity contribution is -0.118. The van der Waals surface area contributed by atoms with Crippen LogP contribution in [0.4, 0.5) is 5.13 Å². The van der Waals surface area contributed by atoms with Gasteiger partial charge in [-0.05, 0) is 25.0 Å². The van der Waals surface area contributed by atoms with E-state index < -0.39 is 0 Å². The molecule has 1 aliphatic rings. The van der Waals surface area contributed by atoms with Crippen LogP contribution in [0.15, 0.2) is 28.3 Å². The number of aromatic nitrogens is 2. The lowest BCUT2D eigenvalue weighted by Crippen LogP contribution is -2.39. The Bertz CT molecular complexity index is 550. The quantitative estimate of drug-likeness (QED) is 0.888. The Balaban J connectivity index is 1.62. The molecule has 112 valence electrons. The van der Waals surface area contributed by atoms with E-state index in [-0.39, 0.29) is 5.91 Å². The average Bonchev–Trinajstić information content (AvgIpc) is 3.22. The van der Waals surface area contributed by atoms with Crippen LogP contribution >= 0.6 is 11.3 Å². The predicted octanol–water partition coefficient (Wildman–Crippen LogP) is 2.51. The highest BCUT2D eigenvalue weighted by atomic mass is 32.1. The number of anilines is 1. The first-order chi connectivity index (χ1) is 10.3. The number of furan rings is 1. The molecule has 0 aliphatic heterocycles. The lowest BCUT2D eigenvalue weighted by Gasteiger charge is -2.27. The second-order valence-corrected chi connectivity index (χ2v) is 6.05. The van der Waals surface area contributed by atoms with Gasteiger partial charge >= 0.3 is 0 Å². The zero-order valence-corrected chi connectivity index (χ0v) is 12.5. The summed E-state index contributed by atoms with van der Waals surface area (Å²) in [6, 6.07) is 4.28. The van der Waals surface area contributed by atoms with E-state index in [0.29, 0.717) is 24.3 Å². The standard InChI is InChI=1S/C14H18N4O2S/c19-13(16-14-17-15-10-21-14)9-18(11-4-1-2-5-11)8-12-6-3-7-20-12/h3,6-7,10-11H,1-2,4-5,8-9H2,(H,16,17,19). The van der Waals surface area contributed by atoms with Gasteiger partial charge in [-0.1, -0.05) is 24.2 Å². The Labute approximate surface area is 127 Å². The number of nitrogens with zero attached hydrogens (tertiary/aromatic N) is 3. The van der Waals surface area contributed by atoms with Crippen molar-refractivity contribution in [3.63, 3.8) is 0 Å². The molecule has 1 amide bonds. The second-order valence-electron chi connectivity index (χ2n) is 5.21. The van der Waals surface area contributed by atoms with Crippen molar-refractivity contribution in [3.8, 4) is 0 Å². The van der Waals surface area contributed by atoms with E-state index in [4.69, 9.17) is 4.42 Å². The zero-order valence-electron chi connectivity index (χ0n) is 11.7. The molecule has 1 N–H and O–H groups in total. The Kier molecular flexibility index (Phi) is 4.62. The molecule has 2 aromatic rings. The van der Waals surface area contributed by atoms with Gasteiger partial charge in [0, 0.05) is 6.04 Å². The maximum absolute atomic E-state index is 12.2. The van der Waals surface area contributed by atoms with Crippen molar-refractivity contribution in [1.29, 1.82) is 0 Å². The van der Waals surface area contributed by atoms with E-state index in [1.54, 1.807) is 11.8 Å². The first-order valence-corrected chi connectivity index (χ1v) is 8.01. The van der Waals surface area contributed by atoms with Gasteiger partial charge in [-0.3, -0.25) is 15.0 Å². The number of hydrogen-bond acceptors (Lipinski definition) is 6. The van der Waals surface area contributed by atoms with Gasteiger partial charge in [-0.25, -0.2) is 0 Å². The molecule has 7 heteroatoms. The van der Waals surface area contributed by atoms with Crippen molar-refractivity contribution < 1.29 is 9.21 Å². The summed E-state index contributed by atoms with van der Waals surface area (Å²) in [7, 11) is 0. The molecule has 0 unspecified atom stereocenters. The lowest BCUT2D eigenvalue weighted by atomic mass is 10.2. The van der Waals surface area contributed by atoms with Crippen LogP contribution in [0.3, 0.4) is 0 Å². The molecule has 1 aliphatic carbocycles. The third-order valence-electron chi connectivity index (χ3n) is 3.73. The second kappa shape index (κ2) is 6.82. The summed E-state index contributed by atoms with van der Waals surface area (Å²) in [5, 5.41) is 10.9. The molecule has 0 aromatic carbocycles. The van der Waals surface area contributed by atoms with Crippen molar-refractivity contribution in [2.45, 2.75) is 38.3 Å². The molecule has 0 radical (unpaired) electrons. The summed E-state index contributed by atoms with van der Waals surface area (Å²) in [4.78, 5) is 14.4. The SMILES string of the molecule is O=C(CN(Cc1ccco1)C1CCCC1)Nc1nncs1. The van der Waals surface area contributed by atoms with Crippen molar-refractivity contribution in [3.05, 3.63) is 29.7 Å². The normalized spacial score (nSPS) is 15.7. The number of hydrogen-bond donors (Lipinski definition) is 1. The molecule has 0 spiro atoms. The van der Waals surface area contributed by atoms with Gasteiger partial charge in [-0.2, -0.15) is 0 Å². The van der Waals surface area contributed by atoms with Crippen LogP contribution in [0, 0.1) is 0 Å². The molecule has 1 fully saturated rings. The van der Waals surface area contributed by atoms with Crippen molar-refractivity contribution in [2.75, 3.05) is 11.9 Å². The van der Waals surface area contributed by atoms with Gasteiger partial charge in [0.1, 0.15) is 11.3 Å². The topological polar surface area (TPSA) is 71.3 Å². The molecule has 21 heavy (non-hydrogen) atoms. The minimum absolute atomic E-state index is 0.0507. The molecule has 2 aromatic heterocycles. The molecule has 6 nitrogen and oxygen atoms in total. The minimum Gasteiger partial charge on any atom is -0.468 e. The molecule has 0 bridgehead atoms. The minimum atomic E-state index is -0.0507. The third kappa shape index (κ3) is 3.89. The number of rotatable bonds is 6. The zero-order chi connectivity index (χ0) is 14.5. The summed E-state index contributed by atoms with van der Waals surface area (Å²) >= 11 is 1.32. The van der Waals surface area contributed by atoms with Crippen LogP contribution in [0.2, 0.25) is 0 Å². The molecule has 2 heterocycles. The van der Waals surface area contributed by atoms with Crippen molar-refractivity contribution >= 4 is 22.4 Å². The maximum Gasteiger partial charge on any atom is 0.240 e. The highest BCUT2D eigenvalue weighted by Gasteiger charge is 2.25. The summed E-state index contributed by atoms with van der Waals surface area (Å²) < 4.78 is 5.42. The van der Waals surface area contributed by atoms with Gasteiger partial charge in [0.15, 0.2) is 0 Å². The molecular weight excluding hydrogens is 288 g/mol. The third-order valence-corrected chi connectivity index (χ3v) is 4.34. The van der Waals surface area contributed by atoms with Gasteiger partial charge in [0.2, 0.25) is 11.0 Å². The smallest absolute Gasteiger partial charge is 0.240 e. The average molecular weight is 306 g/mol. The van der Waals surface area contributed by atoms with Gasteiger partial charge < -0.3 is 4.42 Å². The summed E-state index contributed by atoms with van der Waals surface area (Å²) in [6.07, 6.45) is 6.43. The Morgan fingerprint density at radius 3 is 3.00 bits per heavy atom. The Morgan fingerprint density at radius 1 is 1.48 bits per heavy atom. The van der Waals surface area contributed by atoms with Crippen LogP contribution in [-0.2, 0) is 11.3 Å². The molecule has 0 saturated heterocycles. The highest BCUT2D eigenvalue weighted by molar-refractivity contribution is 7.13. The Hall–Kier alpha value is -1.73. The van der Waals surface area contributed by atoms with E-state index in [9.17, 15) is 4.79 Å². The van der Waals surface area contributed by atoms with E-state index >= 15 is 0 Å². The van der Waals surface area contributed by atoms with E-state index in [0.717, 1.165) is 18.6 Å². The monoisotopic (exact) mass is 306 g/mol. The molecule has 1 saturated carbocycles. The van der Waals surface area contributed by atoms with Crippen LogP contribution in [0.25, 0.3) is 0 Å². The fourth-order valence-electron chi connectivity index (χ4n) is 2.76. The van der Waals surface area contributed by atoms with Crippen LogP contribution in [0.5, 0.6) is 0 Å². The van der Waals surface area contributed by atoms with Crippen molar-refractivity contribution in [2.24, 2.45) is 0 Å². The fourth-order valence-corrected chi connectivity index (χ4v) is 3.22. The van der Waals surface area contributed by atoms with Crippen LogP contribution in [-0.4, -0.2) is 33.6 Å². The van der Waals surface area contributed by atoms with Gasteiger partial charge in [0.05, 0.1) is 19.4 Å². The fraction of sp³-hybridized carbons (Fsp3) is 0.500. The maximum atomic E-state index is 12.2. The van der Waals surface area contributed by atoms with E-state index in [2.05, 4.69) is 20.4 Å². The van der Waals surface area contributed by atoms with E-state index in [1.165, 1.54) is 24.2 Å². The molecule has 3 rings (SSSR count). The first-order valence-electron chi connectivity index (χ1n) is 7.14. The van der Waals surface area contributed by atoms with Crippen LogP contribution < -0.4 is 5.32 Å². The largest absolute Gasteiger partial charge is 0.468 e. The highest BCUT2D eigenvalue weighted by Crippen LogP contribution is 2.25. The number of nitrogens with one attached hydrogen (secondary N) is 1. The summed E-state index contributed by atoms with van der Waals surface area (Å²) in [6.45, 7) is 1.02. The van der Waals surface area contributed by atoms with Gasteiger partial charge in [0.25, 0.3) is 0 Å². The number of carbonyl (C=O) groups is 1. The van der Waals surface area contributed by atoms with Gasteiger partial charge in [-0.15, -0.1) is 10.2 Å². The first kappa shape index (κ1) is 14.2. The summed E-state index contributed by atoms with van der Waals surface area (Å²) in [5.74, 6) is 0.843. The molecule has 0 atom stereocenters. The van der Waals surface area contributed by atoms with E-state index in [1.807, 2.05) is 12.1 Å². The molecular formula is C14H18N4O2S. The van der Waals surface area contributed by atoms with Crippen LogP contribution in [0.1, 0.15) is 31.4 Å².